The second-order valence-corrected chi connectivity index (χ2v) is 8.59. The van der Waals surface area contributed by atoms with Gasteiger partial charge in [-0.05, 0) is 68.7 Å². The van der Waals surface area contributed by atoms with Gasteiger partial charge >= 0.3 is 0 Å². The van der Waals surface area contributed by atoms with Crippen LogP contribution in [-0.2, 0) is 9.53 Å². The first-order chi connectivity index (χ1) is 13.1. The van der Waals surface area contributed by atoms with Crippen LogP contribution in [0, 0.1) is 18.7 Å². The highest BCUT2D eigenvalue weighted by Crippen LogP contribution is 2.44. The summed E-state index contributed by atoms with van der Waals surface area (Å²) >= 11 is 0. The second kappa shape index (κ2) is 7.88. The molecule has 4 nitrogen and oxygen atoms in total. The molecule has 4 rings (SSSR count). The highest BCUT2D eigenvalue weighted by atomic mass is 19.1. The molecule has 27 heavy (non-hydrogen) atoms. The van der Waals surface area contributed by atoms with Crippen molar-refractivity contribution in [3.63, 3.8) is 0 Å². The van der Waals surface area contributed by atoms with Crippen LogP contribution in [0.5, 0.6) is 0 Å². The second-order valence-electron chi connectivity index (χ2n) is 8.59. The minimum absolute atomic E-state index is 0.131. The van der Waals surface area contributed by atoms with Crippen molar-refractivity contribution < 1.29 is 13.9 Å². The van der Waals surface area contributed by atoms with Crippen LogP contribution in [0.25, 0.3) is 0 Å². The molecule has 1 unspecified atom stereocenters. The molecule has 0 saturated carbocycles. The molecule has 4 atom stereocenters. The Hall–Kier alpha value is -1.46. The van der Waals surface area contributed by atoms with Gasteiger partial charge in [-0.3, -0.25) is 4.79 Å². The molecule has 0 N–H and O–H groups in total. The third-order valence-electron chi connectivity index (χ3n) is 6.87. The van der Waals surface area contributed by atoms with Gasteiger partial charge in [-0.25, -0.2) is 4.39 Å². The lowest BCUT2D eigenvalue weighted by atomic mass is 9.84. The zero-order valence-electron chi connectivity index (χ0n) is 16.5. The highest BCUT2D eigenvalue weighted by Gasteiger charge is 2.45. The van der Waals surface area contributed by atoms with E-state index < -0.39 is 0 Å². The molecule has 5 heteroatoms. The van der Waals surface area contributed by atoms with Crippen LogP contribution in [0.2, 0.25) is 0 Å². The van der Waals surface area contributed by atoms with Gasteiger partial charge in [0, 0.05) is 32.3 Å². The predicted octanol–water partition coefficient (Wildman–Crippen LogP) is 3.34. The number of nitrogens with zero attached hydrogens (tertiary/aromatic N) is 2. The molecule has 1 aromatic carbocycles. The van der Waals surface area contributed by atoms with E-state index in [1.807, 2.05) is 19.1 Å². The van der Waals surface area contributed by atoms with Crippen molar-refractivity contribution in [1.82, 2.24) is 9.80 Å². The van der Waals surface area contributed by atoms with E-state index in [4.69, 9.17) is 4.74 Å². The van der Waals surface area contributed by atoms with Gasteiger partial charge in [0.15, 0.2) is 0 Å². The standard InChI is InChI=1S/C22H31FN2O2/c1-15-11-16(3-6-21(15)23)18-12-19-4-5-20(13-18)25(19)22(26)17-7-8-24(14-17)9-10-27-2/h3,6,11,17-20H,4-5,7-10,12-14H2,1-2H3/t17-,18?,19-,20+/m0/s1. The van der Waals surface area contributed by atoms with E-state index in [9.17, 15) is 9.18 Å². The Morgan fingerprint density at radius 1 is 1.22 bits per heavy atom. The molecule has 0 aromatic heterocycles. The summed E-state index contributed by atoms with van der Waals surface area (Å²) in [5.74, 6) is 0.840. The summed E-state index contributed by atoms with van der Waals surface area (Å²) in [4.78, 5) is 17.8. The number of benzene rings is 1. The summed E-state index contributed by atoms with van der Waals surface area (Å²) in [6.45, 7) is 5.36. The minimum atomic E-state index is -0.131. The average Bonchev–Trinajstić information content (AvgIpc) is 3.24. The monoisotopic (exact) mass is 374 g/mol. The van der Waals surface area contributed by atoms with Crippen LogP contribution in [0.1, 0.15) is 49.1 Å². The zero-order chi connectivity index (χ0) is 19.0. The molecule has 3 saturated heterocycles. The van der Waals surface area contributed by atoms with Crippen LogP contribution < -0.4 is 0 Å². The third kappa shape index (κ3) is 3.77. The maximum absolute atomic E-state index is 13.6. The Balaban J connectivity index is 1.40. The quantitative estimate of drug-likeness (QED) is 0.792. The van der Waals surface area contributed by atoms with Crippen molar-refractivity contribution in [2.75, 3.05) is 33.4 Å². The number of rotatable bonds is 5. The van der Waals surface area contributed by atoms with Crippen molar-refractivity contribution in [1.29, 1.82) is 0 Å². The number of piperidine rings is 1. The zero-order valence-corrected chi connectivity index (χ0v) is 16.5. The first-order valence-electron chi connectivity index (χ1n) is 10.4. The molecule has 1 aromatic rings. The molecule has 3 aliphatic heterocycles. The number of aryl methyl sites for hydroxylation is 1. The lowest BCUT2D eigenvalue weighted by Crippen LogP contribution is -2.49. The number of halogens is 1. The molecule has 0 spiro atoms. The fraction of sp³-hybridized carbons (Fsp3) is 0.682. The number of methoxy groups -OCH3 is 1. The summed E-state index contributed by atoms with van der Waals surface area (Å²) in [5, 5.41) is 0. The first kappa shape index (κ1) is 18.9. The van der Waals surface area contributed by atoms with Crippen molar-refractivity contribution in [2.45, 2.75) is 57.0 Å². The summed E-state index contributed by atoms with van der Waals surface area (Å²) in [5.41, 5.74) is 1.96. The van der Waals surface area contributed by atoms with E-state index in [1.54, 1.807) is 13.2 Å². The Labute approximate surface area is 161 Å². The van der Waals surface area contributed by atoms with Crippen LogP contribution >= 0.6 is 0 Å². The Kier molecular flexibility index (Phi) is 5.51. The SMILES string of the molecule is COCCN1CC[C@H](C(=O)N2[C@@H]3CC[C@H]2CC(c2ccc(F)c(C)c2)C3)C1. The largest absolute Gasteiger partial charge is 0.383 e. The Bertz CT molecular complexity index is 681. The van der Waals surface area contributed by atoms with Gasteiger partial charge in [0.05, 0.1) is 12.5 Å². The molecule has 148 valence electrons. The molecule has 1 amide bonds. The minimum Gasteiger partial charge on any atom is -0.383 e. The molecule has 3 aliphatic rings. The normalized spacial score (nSPS) is 30.9. The number of carbonyl (C=O) groups excluding carboxylic acids is 1. The lowest BCUT2D eigenvalue weighted by molar-refractivity contribution is -0.139. The van der Waals surface area contributed by atoms with Gasteiger partial charge in [0.25, 0.3) is 0 Å². The molecule has 2 bridgehead atoms. The van der Waals surface area contributed by atoms with E-state index in [-0.39, 0.29) is 11.7 Å². The number of likely N-dealkylation sites (tertiary alicyclic amines) is 1. The van der Waals surface area contributed by atoms with Gasteiger partial charge in [0.1, 0.15) is 5.82 Å². The van der Waals surface area contributed by atoms with Crippen LogP contribution in [0.4, 0.5) is 4.39 Å². The van der Waals surface area contributed by atoms with Crippen LogP contribution in [0.15, 0.2) is 18.2 Å². The fourth-order valence-electron chi connectivity index (χ4n) is 5.40. The number of fused-ring (bicyclic) bond motifs is 2. The molecule has 3 heterocycles. The Morgan fingerprint density at radius 2 is 1.96 bits per heavy atom. The highest BCUT2D eigenvalue weighted by molar-refractivity contribution is 5.80. The van der Waals surface area contributed by atoms with Gasteiger partial charge in [-0.2, -0.15) is 0 Å². The number of hydrogen-bond donors (Lipinski definition) is 0. The lowest BCUT2D eigenvalue weighted by Gasteiger charge is -2.40. The molecule has 3 fully saturated rings. The van der Waals surface area contributed by atoms with E-state index in [1.165, 1.54) is 5.56 Å². The van der Waals surface area contributed by atoms with Crippen LogP contribution in [-0.4, -0.2) is 61.1 Å². The summed E-state index contributed by atoms with van der Waals surface area (Å²) in [7, 11) is 1.73. The Morgan fingerprint density at radius 3 is 2.63 bits per heavy atom. The molecule has 0 radical (unpaired) electrons. The average molecular weight is 375 g/mol. The summed E-state index contributed by atoms with van der Waals surface area (Å²) in [6, 6.07) is 6.26. The van der Waals surface area contributed by atoms with Crippen molar-refractivity contribution in [2.24, 2.45) is 5.92 Å². The number of ether oxygens (including phenoxy) is 1. The first-order valence-corrected chi connectivity index (χ1v) is 10.4. The summed E-state index contributed by atoms with van der Waals surface area (Å²) in [6.07, 6.45) is 5.25. The molecular weight excluding hydrogens is 343 g/mol. The third-order valence-corrected chi connectivity index (χ3v) is 6.87. The van der Waals surface area contributed by atoms with Gasteiger partial charge in [0.2, 0.25) is 5.91 Å². The maximum atomic E-state index is 13.6. The molecular formula is C22H31FN2O2. The maximum Gasteiger partial charge on any atom is 0.227 e. The predicted molar refractivity (Wildman–Crippen MR) is 103 cm³/mol. The smallest absolute Gasteiger partial charge is 0.227 e. The van der Waals surface area contributed by atoms with Crippen LogP contribution in [0.3, 0.4) is 0 Å². The van der Waals surface area contributed by atoms with Gasteiger partial charge in [-0.15, -0.1) is 0 Å². The van der Waals surface area contributed by atoms with Crippen molar-refractivity contribution in [3.05, 3.63) is 35.1 Å². The molecule has 0 aliphatic carbocycles. The van der Waals surface area contributed by atoms with Crippen molar-refractivity contribution in [3.8, 4) is 0 Å². The van der Waals surface area contributed by atoms with E-state index in [2.05, 4.69) is 9.80 Å². The number of carbonyl (C=O) groups is 1. The van der Waals surface area contributed by atoms with Crippen molar-refractivity contribution >= 4 is 5.91 Å². The van der Waals surface area contributed by atoms with Gasteiger partial charge in [-0.1, -0.05) is 12.1 Å². The topological polar surface area (TPSA) is 32.8 Å². The van der Waals surface area contributed by atoms with E-state index in [0.29, 0.717) is 23.9 Å². The number of amides is 1. The summed E-state index contributed by atoms with van der Waals surface area (Å²) < 4.78 is 18.8. The fourth-order valence-corrected chi connectivity index (χ4v) is 5.40. The van der Waals surface area contributed by atoms with Gasteiger partial charge < -0.3 is 14.5 Å². The number of hydrogen-bond acceptors (Lipinski definition) is 3. The van der Waals surface area contributed by atoms with E-state index >= 15 is 0 Å². The van der Waals surface area contributed by atoms with E-state index in [0.717, 1.165) is 63.9 Å².